The molecule has 0 radical (unpaired) electrons. The standard InChI is InChI=1S/C16H19NO/c1-12-10-14-4-2-3-5-15(14)16(12)17-8-6-13(11-18)7-9-17/h2-5,10-11,13,16H,6-9H2,1H3. The SMILES string of the molecule is CC1=Cc2ccccc2C1N1CCC(C=O)CC1. The minimum atomic E-state index is 0.280. The van der Waals surface area contributed by atoms with E-state index in [9.17, 15) is 4.79 Å². The lowest BCUT2D eigenvalue weighted by Crippen LogP contribution is -2.37. The van der Waals surface area contributed by atoms with Gasteiger partial charge in [-0.2, -0.15) is 0 Å². The highest BCUT2D eigenvalue weighted by molar-refractivity contribution is 5.65. The molecule has 0 amide bonds. The Morgan fingerprint density at radius 1 is 1.22 bits per heavy atom. The Balaban J connectivity index is 1.82. The molecule has 2 nitrogen and oxygen atoms in total. The van der Waals surface area contributed by atoms with Crippen LogP contribution < -0.4 is 0 Å². The second-order valence-corrected chi connectivity index (χ2v) is 5.43. The highest BCUT2D eigenvalue weighted by Gasteiger charge is 2.30. The van der Waals surface area contributed by atoms with E-state index in [-0.39, 0.29) is 5.92 Å². The van der Waals surface area contributed by atoms with Crippen molar-refractivity contribution in [1.82, 2.24) is 4.90 Å². The van der Waals surface area contributed by atoms with Gasteiger partial charge in [0.05, 0.1) is 6.04 Å². The van der Waals surface area contributed by atoms with Crippen molar-refractivity contribution in [2.45, 2.75) is 25.8 Å². The fraction of sp³-hybridized carbons (Fsp3) is 0.438. The number of benzene rings is 1. The Morgan fingerprint density at radius 2 is 1.94 bits per heavy atom. The third-order valence-corrected chi connectivity index (χ3v) is 4.24. The van der Waals surface area contributed by atoms with Crippen molar-refractivity contribution in [2.24, 2.45) is 5.92 Å². The van der Waals surface area contributed by atoms with Crippen LogP contribution in [0.4, 0.5) is 0 Å². The Labute approximate surface area is 108 Å². The second-order valence-electron chi connectivity index (χ2n) is 5.43. The number of nitrogens with zero attached hydrogens (tertiary/aromatic N) is 1. The molecule has 0 N–H and O–H groups in total. The van der Waals surface area contributed by atoms with Crippen molar-refractivity contribution in [1.29, 1.82) is 0 Å². The number of carbonyl (C=O) groups excluding carboxylic acids is 1. The third-order valence-electron chi connectivity index (χ3n) is 4.24. The lowest BCUT2D eigenvalue weighted by molar-refractivity contribution is -0.112. The van der Waals surface area contributed by atoms with Crippen molar-refractivity contribution in [3.8, 4) is 0 Å². The zero-order chi connectivity index (χ0) is 12.5. The predicted molar refractivity (Wildman–Crippen MR) is 73.2 cm³/mol. The van der Waals surface area contributed by atoms with E-state index in [0.29, 0.717) is 6.04 Å². The number of carbonyl (C=O) groups is 1. The van der Waals surface area contributed by atoms with Crippen LogP contribution in [0, 0.1) is 5.92 Å². The molecule has 1 fully saturated rings. The maximum atomic E-state index is 10.8. The first-order valence-corrected chi connectivity index (χ1v) is 6.76. The molecule has 1 atom stereocenters. The largest absolute Gasteiger partial charge is 0.303 e. The molecule has 1 aromatic carbocycles. The van der Waals surface area contributed by atoms with Crippen molar-refractivity contribution in [3.05, 3.63) is 41.0 Å². The maximum Gasteiger partial charge on any atom is 0.123 e. The average Bonchev–Trinajstić information content (AvgIpc) is 2.75. The highest BCUT2D eigenvalue weighted by Crippen LogP contribution is 2.39. The Bertz CT molecular complexity index is 484. The second kappa shape index (κ2) is 4.69. The molecule has 0 aromatic heterocycles. The first kappa shape index (κ1) is 11.7. The van der Waals surface area contributed by atoms with Gasteiger partial charge in [0.1, 0.15) is 6.29 Å². The van der Waals surface area contributed by atoms with Gasteiger partial charge in [0.15, 0.2) is 0 Å². The van der Waals surface area contributed by atoms with Gasteiger partial charge in [0.25, 0.3) is 0 Å². The fourth-order valence-corrected chi connectivity index (χ4v) is 3.26. The number of fused-ring (bicyclic) bond motifs is 1. The van der Waals surface area contributed by atoms with Gasteiger partial charge >= 0.3 is 0 Å². The van der Waals surface area contributed by atoms with E-state index in [1.54, 1.807) is 0 Å². The number of likely N-dealkylation sites (tertiary alicyclic amines) is 1. The van der Waals surface area contributed by atoms with Gasteiger partial charge in [0, 0.05) is 5.92 Å². The van der Waals surface area contributed by atoms with E-state index < -0.39 is 0 Å². The van der Waals surface area contributed by atoms with Crippen LogP contribution in [0.1, 0.15) is 36.9 Å². The number of rotatable bonds is 2. The summed E-state index contributed by atoms with van der Waals surface area (Å²) in [5.41, 5.74) is 4.22. The van der Waals surface area contributed by atoms with Crippen LogP contribution in [0.5, 0.6) is 0 Å². The first-order valence-electron chi connectivity index (χ1n) is 6.76. The summed E-state index contributed by atoms with van der Waals surface area (Å²) >= 11 is 0. The number of hydrogen-bond donors (Lipinski definition) is 0. The zero-order valence-corrected chi connectivity index (χ0v) is 10.8. The molecule has 1 aliphatic heterocycles. The molecule has 0 spiro atoms. The van der Waals surface area contributed by atoms with E-state index in [0.717, 1.165) is 32.2 Å². The monoisotopic (exact) mass is 241 g/mol. The average molecular weight is 241 g/mol. The Hall–Kier alpha value is -1.41. The summed E-state index contributed by atoms with van der Waals surface area (Å²) in [6, 6.07) is 9.09. The Kier molecular flexibility index (Phi) is 3.04. The molecule has 0 bridgehead atoms. The van der Waals surface area contributed by atoms with Crippen LogP contribution in [0.15, 0.2) is 29.8 Å². The van der Waals surface area contributed by atoms with Crippen molar-refractivity contribution >= 4 is 12.4 Å². The van der Waals surface area contributed by atoms with Gasteiger partial charge in [-0.1, -0.05) is 35.9 Å². The first-order chi connectivity index (χ1) is 8.79. The molecule has 18 heavy (non-hydrogen) atoms. The molecule has 94 valence electrons. The van der Waals surface area contributed by atoms with Crippen LogP contribution in [-0.2, 0) is 4.79 Å². The van der Waals surface area contributed by atoms with Crippen LogP contribution in [0.25, 0.3) is 6.08 Å². The summed E-state index contributed by atoms with van der Waals surface area (Å²) in [6.45, 7) is 4.29. The minimum absolute atomic E-state index is 0.280. The van der Waals surface area contributed by atoms with Gasteiger partial charge in [-0.25, -0.2) is 0 Å². The van der Waals surface area contributed by atoms with Crippen molar-refractivity contribution in [2.75, 3.05) is 13.1 Å². The summed E-state index contributed by atoms with van der Waals surface area (Å²) in [4.78, 5) is 13.3. The van der Waals surface area contributed by atoms with Gasteiger partial charge < -0.3 is 4.79 Å². The van der Waals surface area contributed by atoms with E-state index in [2.05, 4.69) is 42.2 Å². The predicted octanol–water partition coefficient (Wildman–Crippen LogP) is 3.06. The quantitative estimate of drug-likeness (QED) is 0.742. The molecular formula is C16H19NO. The number of hydrogen-bond acceptors (Lipinski definition) is 2. The topological polar surface area (TPSA) is 20.3 Å². The number of piperidine rings is 1. The molecule has 1 unspecified atom stereocenters. The smallest absolute Gasteiger partial charge is 0.123 e. The lowest BCUT2D eigenvalue weighted by Gasteiger charge is -2.35. The normalized spacial score (nSPS) is 24.7. The van der Waals surface area contributed by atoms with Crippen molar-refractivity contribution < 1.29 is 4.79 Å². The molecule has 1 aromatic rings. The van der Waals surface area contributed by atoms with E-state index in [1.165, 1.54) is 16.7 Å². The van der Waals surface area contributed by atoms with Crippen LogP contribution in [0.2, 0.25) is 0 Å². The lowest BCUT2D eigenvalue weighted by atomic mass is 9.94. The summed E-state index contributed by atoms with van der Waals surface area (Å²) in [5.74, 6) is 0.280. The molecule has 1 aliphatic carbocycles. The van der Waals surface area contributed by atoms with E-state index >= 15 is 0 Å². The third kappa shape index (κ3) is 1.91. The zero-order valence-electron chi connectivity index (χ0n) is 10.8. The van der Waals surface area contributed by atoms with E-state index in [4.69, 9.17) is 0 Å². The van der Waals surface area contributed by atoms with Gasteiger partial charge in [-0.05, 0) is 44.0 Å². The molecule has 0 saturated carbocycles. The summed E-state index contributed by atoms with van der Waals surface area (Å²) < 4.78 is 0. The highest BCUT2D eigenvalue weighted by atomic mass is 16.1. The van der Waals surface area contributed by atoms with E-state index in [1.807, 2.05) is 0 Å². The molecule has 1 heterocycles. The molecular weight excluding hydrogens is 222 g/mol. The number of aldehydes is 1. The molecule has 2 aliphatic rings. The van der Waals surface area contributed by atoms with Crippen LogP contribution in [-0.4, -0.2) is 24.3 Å². The summed E-state index contributed by atoms with van der Waals surface area (Å²) in [5, 5.41) is 0. The molecule has 3 rings (SSSR count). The van der Waals surface area contributed by atoms with Crippen molar-refractivity contribution in [3.63, 3.8) is 0 Å². The van der Waals surface area contributed by atoms with Gasteiger partial charge in [-0.15, -0.1) is 0 Å². The maximum absolute atomic E-state index is 10.8. The van der Waals surface area contributed by atoms with Crippen LogP contribution >= 0.6 is 0 Å². The summed E-state index contributed by atoms with van der Waals surface area (Å²) in [6.07, 6.45) is 5.44. The summed E-state index contributed by atoms with van der Waals surface area (Å²) in [7, 11) is 0. The van der Waals surface area contributed by atoms with Crippen LogP contribution in [0.3, 0.4) is 0 Å². The molecule has 2 heteroatoms. The fourth-order valence-electron chi connectivity index (χ4n) is 3.26. The van der Waals surface area contributed by atoms with Gasteiger partial charge in [-0.3, -0.25) is 4.90 Å². The Morgan fingerprint density at radius 3 is 2.67 bits per heavy atom. The van der Waals surface area contributed by atoms with Gasteiger partial charge in [0.2, 0.25) is 0 Å². The minimum Gasteiger partial charge on any atom is -0.303 e. The molecule has 1 saturated heterocycles.